The summed E-state index contributed by atoms with van der Waals surface area (Å²) in [6.45, 7) is 1.88. The summed E-state index contributed by atoms with van der Waals surface area (Å²) in [6, 6.07) is 9.83. The Kier molecular flexibility index (Phi) is 6.17. The highest BCUT2D eigenvalue weighted by Crippen LogP contribution is 2.29. The number of carbonyl (C=O) groups excluding carboxylic acids is 2. The van der Waals surface area contributed by atoms with Crippen LogP contribution in [0.4, 0.5) is 8.78 Å². The fourth-order valence-corrected chi connectivity index (χ4v) is 2.95. The molecule has 8 heteroatoms. The van der Waals surface area contributed by atoms with Crippen LogP contribution in [0.1, 0.15) is 23.6 Å². The standard InChI is InChI=1S/C21H18ClF2NO4/c1-2-28-19(26)10-14-12-29-18-8-3-13(9-17(14)18)11-25-20(27)21(23,24)15-4-6-16(22)7-5-15/h3-9,12H,2,10-11H2,1H3,(H,25,27). The van der Waals surface area contributed by atoms with E-state index in [1.54, 1.807) is 25.1 Å². The molecule has 0 saturated carbocycles. The molecule has 2 aromatic carbocycles. The number of halogens is 3. The average Bonchev–Trinajstić information content (AvgIpc) is 3.08. The molecule has 0 bridgehead atoms. The zero-order valence-corrected chi connectivity index (χ0v) is 16.3. The van der Waals surface area contributed by atoms with Crippen molar-refractivity contribution in [3.8, 4) is 0 Å². The molecule has 0 saturated heterocycles. The van der Waals surface area contributed by atoms with Crippen molar-refractivity contribution in [1.82, 2.24) is 5.32 Å². The maximum Gasteiger partial charge on any atom is 0.349 e. The van der Waals surface area contributed by atoms with E-state index in [0.29, 0.717) is 27.1 Å². The number of carbonyl (C=O) groups is 2. The third-order valence-corrected chi connectivity index (χ3v) is 4.56. The number of hydrogen-bond acceptors (Lipinski definition) is 4. The lowest BCUT2D eigenvalue weighted by atomic mass is 10.1. The predicted molar refractivity (Wildman–Crippen MR) is 104 cm³/mol. The fourth-order valence-electron chi connectivity index (χ4n) is 2.83. The monoisotopic (exact) mass is 421 g/mol. The lowest BCUT2D eigenvalue weighted by Crippen LogP contribution is -2.37. The summed E-state index contributed by atoms with van der Waals surface area (Å²) >= 11 is 5.70. The van der Waals surface area contributed by atoms with Gasteiger partial charge in [-0.1, -0.05) is 29.8 Å². The lowest BCUT2D eigenvalue weighted by molar-refractivity contribution is -0.147. The minimum atomic E-state index is -3.70. The summed E-state index contributed by atoms with van der Waals surface area (Å²) in [7, 11) is 0. The Bertz CT molecular complexity index is 1030. The highest BCUT2D eigenvalue weighted by molar-refractivity contribution is 6.30. The maximum atomic E-state index is 14.3. The van der Waals surface area contributed by atoms with Gasteiger partial charge in [-0.3, -0.25) is 9.59 Å². The van der Waals surface area contributed by atoms with Crippen molar-refractivity contribution in [1.29, 1.82) is 0 Å². The molecule has 152 valence electrons. The van der Waals surface area contributed by atoms with Gasteiger partial charge in [0.05, 0.1) is 19.3 Å². The van der Waals surface area contributed by atoms with E-state index in [1.165, 1.54) is 18.4 Å². The summed E-state index contributed by atoms with van der Waals surface area (Å²) < 4.78 is 39.0. The van der Waals surface area contributed by atoms with Crippen LogP contribution < -0.4 is 5.32 Å². The van der Waals surface area contributed by atoms with Gasteiger partial charge >= 0.3 is 11.9 Å². The molecular weight excluding hydrogens is 404 g/mol. The fraction of sp³-hybridized carbons (Fsp3) is 0.238. The number of furan rings is 1. The van der Waals surface area contributed by atoms with Crippen molar-refractivity contribution in [2.45, 2.75) is 25.8 Å². The van der Waals surface area contributed by atoms with Gasteiger partial charge in [0.2, 0.25) is 0 Å². The molecule has 1 N–H and O–H groups in total. The van der Waals surface area contributed by atoms with E-state index in [9.17, 15) is 18.4 Å². The van der Waals surface area contributed by atoms with E-state index in [1.807, 2.05) is 0 Å². The zero-order valence-electron chi connectivity index (χ0n) is 15.5. The first-order valence-corrected chi connectivity index (χ1v) is 9.26. The third kappa shape index (κ3) is 4.74. The lowest BCUT2D eigenvalue weighted by Gasteiger charge is -2.16. The van der Waals surface area contributed by atoms with E-state index in [0.717, 1.165) is 12.1 Å². The Hall–Kier alpha value is -2.93. The Morgan fingerprint density at radius 1 is 1.17 bits per heavy atom. The second kappa shape index (κ2) is 8.61. The van der Waals surface area contributed by atoms with Crippen LogP contribution in [0.2, 0.25) is 5.02 Å². The first-order valence-electron chi connectivity index (χ1n) is 8.88. The van der Waals surface area contributed by atoms with Crippen LogP contribution in [0.25, 0.3) is 11.0 Å². The molecule has 1 amide bonds. The Morgan fingerprint density at radius 3 is 2.59 bits per heavy atom. The van der Waals surface area contributed by atoms with E-state index >= 15 is 0 Å². The van der Waals surface area contributed by atoms with Crippen LogP contribution in [0, 0.1) is 0 Å². The number of ether oxygens (including phenoxy) is 1. The molecule has 0 radical (unpaired) electrons. The van der Waals surface area contributed by atoms with Crippen molar-refractivity contribution >= 4 is 34.4 Å². The van der Waals surface area contributed by atoms with Gasteiger partial charge in [0, 0.05) is 28.1 Å². The Balaban J connectivity index is 1.72. The normalized spacial score (nSPS) is 11.4. The number of hydrogen-bond donors (Lipinski definition) is 1. The summed E-state index contributed by atoms with van der Waals surface area (Å²) in [5, 5.41) is 3.21. The molecule has 0 fully saturated rings. The molecule has 29 heavy (non-hydrogen) atoms. The van der Waals surface area contributed by atoms with Crippen molar-refractivity contribution < 1.29 is 27.5 Å². The van der Waals surface area contributed by atoms with Crippen molar-refractivity contribution in [3.63, 3.8) is 0 Å². The van der Waals surface area contributed by atoms with Gasteiger partial charge in [-0.2, -0.15) is 8.78 Å². The highest BCUT2D eigenvalue weighted by atomic mass is 35.5. The van der Waals surface area contributed by atoms with Gasteiger partial charge in [-0.15, -0.1) is 0 Å². The second-order valence-corrected chi connectivity index (χ2v) is 6.77. The van der Waals surface area contributed by atoms with E-state index < -0.39 is 23.4 Å². The third-order valence-electron chi connectivity index (χ3n) is 4.30. The molecule has 3 aromatic rings. The van der Waals surface area contributed by atoms with Crippen LogP contribution in [-0.2, 0) is 33.2 Å². The van der Waals surface area contributed by atoms with E-state index in [4.69, 9.17) is 20.8 Å². The van der Waals surface area contributed by atoms with Crippen molar-refractivity contribution in [2.75, 3.05) is 6.61 Å². The summed E-state index contributed by atoms with van der Waals surface area (Å²) in [5.74, 6) is -5.50. The van der Waals surface area contributed by atoms with Crippen molar-refractivity contribution in [2.24, 2.45) is 0 Å². The number of nitrogens with one attached hydrogen (secondary N) is 1. The number of esters is 1. The number of alkyl halides is 2. The average molecular weight is 422 g/mol. The quantitative estimate of drug-likeness (QED) is 0.566. The molecule has 1 heterocycles. The van der Waals surface area contributed by atoms with Gasteiger partial charge in [0.15, 0.2) is 0 Å². The molecule has 3 rings (SSSR count). The zero-order chi connectivity index (χ0) is 21.0. The minimum absolute atomic E-state index is 0.0330. The molecule has 5 nitrogen and oxygen atoms in total. The van der Waals surface area contributed by atoms with Crippen LogP contribution in [-0.4, -0.2) is 18.5 Å². The van der Waals surface area contributed by atoms with Gasteiger partial charge in [0.25, 0.3) is 5.91 Å². The van der Waals surface area contributed by atoms with Gasteiger partial charge in [-0.25, -0.2) is 0 Å². The number of fused-ring (bicyclic) bond motifs is 1. The molecular formula is C21H18ClF2NO4. The van der Waals surface area contributed by atoms with Crippen LogP contribution in [0.3, 0.4) is 0 Å². The van der Waals surface area contributed by atoms with Gasteiger partial charge in [-0.05, 0) is 36.8 Å². The second-order valence-electron chi connectivity index (χ2n) is 6.34. The summed E-state index contributed by atoms with van der Waals surface area (Å²) in [4.78, 5) is 23.8. The predicted octanol–water partition coefficient (Wildman–Crippen LogP) is 4.60. The molecule has 0 aliphatic heterocycles. The largest absolute Gasteiger partial charge is 0.466 e. The van der Waals surface area contributed by atoms with Gasteiger partial charge in [0.1, 0.15) is 5.58 Å². The molecule has 0 aliphatic rings. The van der Waals surface area contributed by atoms with Crippen LogP contribution in [0.15, 0.2) is 53.1 Å². The molecule has 1 aromatic heterocycles. The molecule has 0 unspecified atom stereocenters. The first kappa shape index (κ1) is 20.8. The van der Waals surface area contributed by atoms with Crippen molar-refractivity contribution in [3.05, 3.63) is 70.4 Å². The van der Waals surface area contributed by atoms with E-state index in [2.05, 4.69) is 5.32 Å². The summed E-state index contributed by atoms with van der Waals surface area (Å²) in [5.41, 5.74) is 1.31. The number of rotatable bonds is 7. The highest BCUT2D eigenvalue weighted by Gasteiger charge is 2.40. The topological polar surface area (TPSA) is 68.5 Å². The van der Waals surface area contributed by atoms with Crippen LogP contribution in [0.5, 0.6) is 0 Å². The maximum absolute atomic E-state index is 14.3. The van der Waals surface area contributed by atoms with Crippen LogP contribution >= 0.6 is 11.6 Å². The Labute approximate surface area is 170 Å². The first-order chi connectivity index (χ1) is 13.8. The molecule has 0 atom stereocenters. The summed E-state index contributed by atoms with van der Waals surface area (Å²) in [6.07, 6.45) is 1.49. The Morgan fingerprint density at radius 2 is 1.90 bits per heavy atom. The minimum Gasteiger partial charge on any atom is -0.466 e. The smallest absolute Gasteiger partial charge is 0.349 e. The SMILES string of the molecule is CCOC(=O)Cc1coc2ccc(CNC(=O)C(F)(F)c3ccc(Cl)cc3)cc12. The number of benzene rings is 2. The van der Waals surface area contributed by atoms with E-state index in [-0.39, 0.29) is 19.6 Å². The molecule has 0 aliphatic carbocycles. The number of amides is 1. The molecule has 0 spiro atoms. The van der Waals surface area contributed by atoms with Gasteiger partial charge < -0.3 is 14.5 Å².